The van der Waals surface area contributed by atoms with E-state index in [0.29, 0.717) is 0 Å². The van der Waals surface area contributed by atoms with Gasteiger partial charge in [0.15, 0.2) is 0 Å². The molecule has 1 aromatic rings. The maximum absolute atomic E-state index is 12.0. The van der Waals surface area contributed by atoms with E-state index in [2.05, 4.69) is 10.6 Å². The van der Waals surface area contributed by atoms with Gasteiger partial charge in [-0.3, -0.25) is 10.1 Å². The van der Waals surface area contributed by atoms with Crippen LogP contribution in [0.25, 0.3) is 0 Å². The van der Waals surface area contributed by atoms with E-state index in [9.17, 15) is 15.0 Å². The molecule has 1 rings (SSSR count). The third-order valence-corrected chi connectivity index (χ3v) is 2.98. The van der Waals surface area contributed by atoms with Crippen molar-refractivity contribution in [3.63, 3.8) is 0 Å². The molecule has 5 heteroatoms. The quantitative estimate of drug-likeness (QED) is 0.609. The van der Waals surface area contributed by atoms with Crippen molar-refractivity contribution in [3.8, 4) is 0 Å². The van der Waals surface area contributed by atoms with Gasteiger partial charge < -0.3 is 15.5 Å². The summed E-state index contributed by atoms with van der Waals surface area (Å²) < 4.78 is 0. The number of aliphatic hydroxyl groups is 2. The fraction of sp³-hybridized carbons (Fsp3) is 0.500. The van der Waals surface area contributed by atoms with E-state index in [1.807, 2.05) is 31.2 Å². The zero-order chi connectivity index (χ0) is 14.5. The van der Waals surface area contributed by atoms with Gasteiger partial charge >= 0.3 is 0 Å². The molecule has 19 heavy (non-hydrogen) atoms. The molecule has 0 bridgehead atoms. The van der Waals surface area contributed by atoms with E-state index in [1.54, 1.807) is 13.8 Å². The third-order valence-electron chi connectivity index (χ3n) is 2.98. The van der Waals surface area contributed by atoms with E-state index in [-0.39, 0.29) is 19.1 Å². The van der Waals surface area contributed by atoms with E-state index in [0.717, 1.165) is 11.3 Å². The fourth-order valence-electron chi connectivity index (χ4n) is 1.62. The predicted molar refractivity (Wildman–Crippen MR) is 75.0 cm³/mol. The van der Waals surface area contributed by atoms with Crippen molar-refractivity contribution < 1.29 is 15.0 Å². The maximum atomic E-state index is 12.0. The summed E-state index contributed by atoms with van der Waals surface area (Å²) in [6.45, 7) is 4.83. The van der Waals surface area contributed by atoms with Gasteiger partial charge in [-0.1, -0.05) is 17.7 Å². The summed E-state index contributed by atoms with van der Waals surface area (Å²) in [4.78, 5) is 12.0. The fourth-order valence-corrected chi connectivity index (χ4v) is 1.62. The van der Waals surface area contributed by atoms with Crippen LogP contribution in [0.15, 0.2) is 24.3 Å². The lowest BCUT2D eigenvalue weighted by molar-refractivity contribution is -0.118. The van der Waals surface area contributed by atoms with Gasteiger partial charge in [-0.25, -0.2) is 0 Å². The minimum Gasteiger partial charge on any atom is -0.394 e. The molecule has 0 spiro atoms. The Morgan fingerprint density at radius 1 is 1.26 bits per heavy atom. The van der Waals surface area contributed by atoms with Gasteiger partial charge in [-0.15, -0.1) is 0 Å². The van der Waals surface area contributed by atoms with E-state index in [1.165, 1.54) is 0 Å². The molecule has 1 amide bonds. The maximum Gasteiger partial charge on any atom is 0.241 e. The number of anilines is 1. The standard InChI is InChI=1S/C14H22N2O3/c1-10-4-6-12(7-5-10)15-13(19)11(2)16-14(3,8-17)9-18/h4-7,11,16-18H,8-9H2,1-3H3,(H,15,19). The molecule has 0 fully saturated rings. The summed E-state index contributed by atoms with van der Waals surface area (Å²) in [6, 6.07) is 6.97. The van der Waals surface area contributed by atoms with Gasteiger partial charge in [-0.2, -0.15) is 0 Å². The van der Waals surface area contributed by atoms with Gasteiger partial charge in [0.1, 0.15) is 0 Å². The van der Waals surface area contributed by atoms with Crippen molar-refractivity contribution in [2.24, 2.45) is 0 Å². The summed E-state index contributed by atoms with van der Waals surface area (Å²) >= 11 is 0. The molecular formula is C14H22N2O3. The van der Waals surface area contributed by atoms with E-state index in [4.69, 9.17) is 0 Å². The molecule has 1 atom stereocenters. The van der Waals surface area contributed by atoms with Crippen LogP contribution < -0.4 is 10.6 Å². The average molecular weight is 266 g/mol. The second-order valence-corrected chi connectivity index (χ2v) is 5.10. The Labute approximate surface area is 113 Å². The Morgan fingerprint density at radius 3 is 2.26 bits per heavy atom. The van der Waals surface area contributed by atoms with Crippen molar-refractivity contribution in [3.05, 3.63) is 29.8 Å². The molecule has 0 saturated carbocycles. The number of carbonyl (C=O) groups is 1. The SMILES string of the molecule is Cc1ccc(NC(=O)C(C)NC(C)(CO)CO)cc1. The molecule has 0 saturated heterocycles. The first-order valence-corrected chi connectivity index (χ1v) is 6.27. The van der Waals surface area contributed by atoms with Crippen molar-refractivity contribution in [1.82, 2.24) is 5.32 Å². The number of aliphatic hydroxyl groups excluding tert-OH is 2. The first kappa shape index (κ1) is 15.6. The molecule has 0 radical (unpaired) electrons. The second-order valence-electron chi connectivity index (χ2n) is 5.10. The van der Waals surface area contributed by atoms with Crippen molar-refractivity contribution in [2.75, 3.05) is 18.5 Å². The van der Waals surface area contributed by atoms with Crippen LogP contribution in [0.5, 0.6) is 0 Å². The number of rotatable bonds is 6. The molecule has 0 aromatic heterocycles. The molecule has 1 unspecified atom stereocenters. The first-order valence-electron chi connectivity index (χ1n) is 6.27. The predicted octanol–water partition coefficient (Wildman–Crippen LogP) is 0.655. The van der Waals surface area contributed by atoms with Gasteiger partial charge in [0, 0.05) is 5.69 Å². The number of hydrogen-bond donors (Lipinski definition) is 4. The summed E-state index contributed by atoms with van der Waals surface area (Å²) in [7, 11) is 0. The topological polar surface area (TPSA) is 81.6 Å². The highest BCUT2D eigenvalue weighted by molar-refractivity contribution is 5.94. The summed E-state index contributed by atoms with van der Waals surface area (Å²) in [5.41, 5.74) is 0.973. The van der Waals surface area contributed by atoms with Crippen LogP contribution in [0.4, 0.5) is 5.69 Å². The summed E-state index contributed by atoms with van der Waals surface area (Å²) in [5.74, 6) is -0.211. The normalized spacial score (nSPS) is 13.1. The van der Waals surface area contributed by atoms with Crippen LogP contribution in [-0.2, 0) is 4.79 Å². The Kier molecular flexibility index (Phi) is 5.47. The Morgan fingerprint density at radius 2 is 1.79 bits per heavy atom. The van der Waals surface area contributed by atoms with Gasteiger partial charge in [0.2, 0.25) is 5.91 Å². The summed E-state index contributed by atoms with van der Waals surface area (Å²) in [6.07, 6.45) is 0. The van der Waals surface area contributed by atoms with Crippen LogP contribution in [-0.4, -0.2) is 40.9 Å². The Balaban J connectivity index is 2.60. The summed E-state index contributed by atoms with van der Waals surface area (Å²) in [5, 5.41) is 24.1. The lowest BCUT2D eigenvalue weighted by Gasteiger charge is -2.29. The molecule has 0 heterocycles. The molecule has 4 N–H and O–H groups in total. The van der Waals surface area contributed by atoms with Crippen molar-refractivity contribution in [2.45, 2.75) is 32.4 Å². The molecule has 106 valence electrons. The minimum absolute atomic E-state index is 0.211. The number of aryl methyl sites for hydroxylation is 1. The van der Waals surface area contributed by atoms with Crippen LogP contribution in [0.2, 0.25) is 0 Å². The van der Waals surface area contributed by atoms with Crippen molar-refractivity contribution in [1.29, 1.82) is 0 Å². The zero-order valence-corrected chi connectivity index (χ0v) is 11.6. The van der Waals surface area contributed by atoms with E-state index < -0.39 is 11.6 Å². The Bertz CT molecular complexity index is 413. The lowest BCUT2D eigenvalue weighted by atomic mass is 10.0. The molecule has 0 aliphatic heterocycles. The smallest absolute Gasteiger partial charge is 0.241 e. The molecule has 1 aromatic carbocycles. The third kappa shape index (κ3) is 4.63. The molecule has 0 aliphatic rings. The van der Waals surface area contributed by atoms with E-state index >= 15 is 0 Å². The first-order chi connectivity index (χ1) is 8.90. The van der Waals surface area contributed by atoms with Gasteiger partial charge in [0.25, 0.3) is 0 Å². The second kappa shape index (κ2) is 6.65. The van der Waals surface area contributed by atoms with Crippen molar-refractivity contribution >= 4 is 11.6 Å². The average Bonchev–Trinajstić information content (AvgIpc) is 2.41. The number of amides is 1. The number of nitrogens with one attached hydrogen (secondary N) is 2. The van der Waals surface area contributed by atoms with Crippen LogP contribution in [0.3, 0.4) is 0 Å². The lowest BCUT2D eigenvalue weighted by Crippen LogP contribution is -2.55. The highest BCUT2D eigenvalue weighted by Crippen LogP contribution is 2.10. The number of hydrogen-bond acceptors (Lipinski definition) is 4. The zero-order valence-electron chi connectivity index (χ0n) is 11.6. The Hall–Kier alpha value is -1.43. The monoisotopic (exact) mass is 266 g/mol. The van der Waals surface area contributed by atoms with Gasteiger partial charge in [0.05, 0.1) is 24.8 Å². The van der Waals surface area contributed by atoms with Gasteiger partial charge in [-0.05, 0) is 32.9 Å². The van der Waals surface area contributed by atoms with Crippen LogP contribution in [0, 0.1) is 6.92 Å². The largest absolute Gasteiger partial charge is 0.394 e. The molecular weight excluding hydrogens is 244 g/mol. The molecule has 5 nitrogen and oxygen atoms in total. The number of benzene rings is 1. The van der Waals surface area contributed by atoms with Crippen LogP contribution in [0.1, 0.15) is 19.4 Å². The highest BCUT2D eigenvalue weighted by atomic mass is 16.3. The van der Waals surface area contributed by atoms with Crippen LogP contribution >= 0.6 is 0 Å². The number of carbonyl (C=O) groups excluding carboxylic acids is 1. The molecule has 0 aliphatic carbocycles. The highest BCUT2D eigenvalue weighted by Gasteiger charge is 2.26. The minimum atomic E-state index is -0.871.